The quantitative estimate of drug-likeness (QED) is 0.752. The Bertz CT molecular complexity index is 828. The van der Waals surface area contributed by atoms with E-state index in [2.05, 4.69) is 10.3 Å². The highest BCUT2D eigenvalue weighted by molar-refractivity contribution is 6.10. The van der Waals surface area contributed by atoms with E-state index in [1.807, 2.05) is 44.4 Å². The zero-order chi connectivity index (χ0) is 19.9. The van der Waals surface area contributed by atoms with Crippen molar-refractivity contribution in [2.75, 3.05) is 38.6 Å². The molecule has 1 aromatic rings. The number of para-hydroxylation sites is 1. The molecule has 0 unspecified atom stereocenters. The summed E-state index contributed by atoms with van der Waals surface area (Å²) in [6.07, 6.45) is 1.48. The van der Waals surface area contributed by atoms with Gasteiger partial charge in [0.25, 0.3) is 5.91 Å². The van der Waals surface area contributed by atoms with Crippen molar-refractivity contribution < 1.29 is 14.4 Å². The number of anilines is 1. The SMILES string of the molecule is CN(C)C1=NC2(CCN(C(=O)[C@@H]3CCN(c4ccccc4)C3=O)CC2)C(=O)N1. The molecule has 0 bridgehead atoms. The fourth-order valence-corrected chi connectivity index (χ4v) is 4.14. The van der Waals surface area contributed by atoms with Gasteiger partial charge in [-0.15, -0.1) is 0 Å². The van der Waals surface area contributed by atoms with Gasteiger partial charge in [0.2, 0.25) is 17.8 Å². The lowest BCUT2D eigenvalue weighted by Gasteiger charge is -2.36. The van der Waals surface area contributed by atoms with Crippen molar-refractivity contribution in [2.24, 2.45) is 10.9 Å². The molecule has 148 valence electrons. The predicted molar refractivity (Wildman–Crippen MR) is 105 cm³/mol. The van der Waals surface area contributed by atoms with Crippen molar-refractivity contribution in [1.82, 2.24) is 15.1 Å². The number of likely N-dealkylation sites (tertiary alicyclic amines) is 1. The second-order valence-corrected chi connectivity index (χ2v) is 7.81. The van der Waals surface area contributed by atoms with Gasteiger partial charge in [0.05, 0.1) is 0 Å². The van der Waals surface area contributed by atoms with Crippen molar-refractivity contribution in [1.29, 1.82) is 0 Å². The Morgan fingerprint density at radius 1 is 1.14 bits per heavy atom. The maximum absolute atomic E-state index is 13.0. The van der Waals surface area contributed by atoms with Crippen LogP contribution in [0, 0.1) is 5.92 Å². The molecule has 2 saturated heterocycles. The van der Waals surface area contributed by atoms with E-state index in [1.54, 1.807) is 14.7 Å². The Kier molecular flexibility index (Phi) is 4.56. The normalized spacial score (nSPS) is 23.8. The van der Waals surface area contributed by atoms with E-state index in [1.165, 1.54) is 0 Å². The van der Waals surface area contributed by atoms with Crippen LogP contribution >= 0.6 is 0 Å². The maximum Gasteiger partial charge on any atom is 0.254 e. The molecule has 8 nitrogen and oxygen atoms in total. The minimum atomic E-state index is -0.786. The summed E-state index contributed by atoms with van der Waals surface area (Å²) >= 11 is 0. The summed E-state index contributed by atoms with van der Waals surface area (Å²) in [7, 11) is 3.67. The van der Waals surface area contributed by atoms with Crippen molar-refractivity contribution in [2.45, 2.75) is 24.8 Å². The van der Waals surface area contributed by atoms with Crippen molar-refractivity contribution in [3.63, 3.8) is 0 Å². The highest BCUT2D eigenvalue weighted by Crippen LogP contribution is 2.32. The van der Waals surface area contributed by atoms with Gasteiger partial charge in [0.15, 0.2) is 0 Å². The molecule has 8 heteroatoms. The topological polar surface area (TPSA) is 85.3 Å². The van der Waals surface area contributed by atoms with E-state index in [9.17, 15) is 14.4 Å². The molecule has 1 atom stereocenters. The number of benzene rings is 1. The Morgan fingerprint density at radius 2 is 1.82 bits per heavy atom. The van der Waals surface area contributed by atoms with Gasteiger partial charge in [-0.25, -0.2) is 4.99 Å². The Morgan fingerprint density at radius 3 is 2.43 bits per heavy atom. The van der Waals surface area contributed by atoms with Crippen LogP contribution in [0.4, 0.5) is 5.69 Å². The molecule has 0 aliphatic carbocycles. The van der Waals surface area contributed by atoms with Gasteiger partial charge in [0.1, 0.15) is 11.5 Å². The Balaban J connectivity index is 1.41. The Hall–Kier alpha value is -2.90. The third kappa shape index (κ3) is 3.02. The third-order valence-corrected chi connectivity index (χ3v) is 5.87. The van der Waals surface area contributed by atoms with E-state index in [-0.39, 0.29) is 17.7 Å². The van der Waals surface area contributed by atoms with Crippen LogP contribution in [0.1, 0.15) is 19.3 Å². The monoisotopic (exact) mass is 383 g/mol. The molecule has 4 rings (SSSR count). The number of piperidine rings is 1. The molecule has 3 amide bonds. The standard InChI is InChI=1S/C20H25N5O3/c1-23(2)19-21-18(28)20(22-19)9-12-24(13-10-20)16(26)15-8-11-25(17(15)27)14-6-4-3-5-7-14/h3-7,15H,8-13H2,1-2H3,(H,21,22,28)/t15-/m0/s1. The summed E-state index contributed by atoms with van der Waals surface area (Å²) in [6, 6.07) is 9.44. The van der Waals surface area contributed by atoms with Crippen LogP contribution < -0.4 is 10.2 Å². The molecule has 0 aromatic heterocycles. The largest absolute Gasteiger partial charge is 0.349 e. The highest BCUT2D eigenvalue weighted by Gasteiger charge is 2.48. The second kappa shape index (κ2) is 6.92. The van der Waals surface area contributed by atoms with E-state index in [4.69, 9.17) is 0 Å². The number of hydrogen-bond acceptors (Lipinski definition) is 5. The van der Waals surface area contributed by atoms with E-state index in [0.29, 0.717) is 44.9 Å². The van der Waals surface area contributed by atoms with Crippen LogP contribution in [0.2, 0.25) is 0 Å². The maximum atomic E-state index is 13.0. The van der Waals surface area contributed by atoms with Crippen LogP contribution in [-0.2, 0) is 14.4 Å². The number of hydrogen-bond donors (Lipinski definition) is 1. The number of nitrogens with zero attached hydrogens (tertiary/aromatic N) is 4. The minimum absolute atomic E-state index is 0.101. The molecule has 28 heavy (non-hydrogen) atoms. The summed E-state index contributed by atoms with van der Waals surface area (Å²) in [6.45, 7) is 1.42. The van der Waals surface area contributed by atoms with Crippen LogP contribution in [0.3, 0.4) is 0 Å². The van der Waals surface area contributed by atoms with Gasteiger partial charge in [-0.05, 0) is 31.4 Å². The van der Waals surface area contributed by atoms with Gasteiger partial charge < -0.3 is 14.7 Å². The fourth-order valence-electron chi connectivity index (χ4n) is 4.14. The molecule has 0 saturated carbocycles. The predicted octanol–water partition coefficient (Wildman–Crippen LogP) is 0.448. The van der Waals surface area contributed by atoms with Gasteiger partial charge in [0, 0.05) is 39.4 Å². The molecule has 2 fully saturated rings. The lowest BCUT2D eigenvalue weighted by atomic mass is 9.87. The Labute approximate surface area is 164 Å². The number of nitrogens with one attached hydrogen (secondary N) is 1. The third-order valence-electron chi connectivity index (χ3n) is 5.87. The molecule has 1 spiro atoms. The van der Waals surface area contributed by atoms with Crippen LogP contribution in [-0.4, -0.2) is 72.7 Å². The number of rotatable bonds is 2. The summed E-state index contributed by atoms with van der Waals surface area (Å²) < 4.78 is 0. The highest BCUT2D eigenvalue weighted by atomic mass is 16.2. The average Bonchev–Trinajstić information content (AvgIpc) is 3.23. The number of amides is 3. The first-order chi connectivity index (χ1) is 13.4. The molecular weight excluding hydrogens is 358 g/mol. The van der Waals surface area contributed by atoms with E-state index in [0.717, 1.165) is 5.69 Å². The lowest BCUT2D eigenvalue weighted by molar-refractivity contribution is -0.142. The number of carbonyl (C=O) groups excluding carboxylic acids is 3. The number of aliphatic imine (C=N–C) groups is 1. The summed E-state index contributed by atoms with van der Waals surface area (Å²) in [5, 5.41) is 2.82. The van der Waals surface area contributed by atoms with Gasteiger partial charge >= 0.3 is 0 Å². The minimum Gasteiger partial charge on any atom is -0.349 e. The molecule has 0 radical (unpaired) electrons. The molecule has 3 aliphatic heterocycles. The van der Waals surface area contributed by atoms with Crippen molar-refractivity contribution >= 4 is 29.4 Å². The number of guanidine groups is 1. The average molecular weight is 383 g/mol. The summed E-state index contributed by atoms with van der Waals surface area (Å²) in [5.41, 5.74) is 0.0418. The first kappa shape index (κ1) is 18.5. The van der Waals surface area contributed by atoms with Crippen molar-refractivity contribution in [3.8, 4) is 0 Å². The zero-order valence-electron chi connectivity index (χ0n) is 16.2. The molecule has 3 heterocycles. The van der Waals surface area contributed by atoms with Gasteiger partial charge in [-0.2, -0.15) is 0 Å². The zero-order valence-corrected chi connectivity index (χ0v) is 16.2. The van der Waals surface area contributed by atoms with Gasteiger partial charge in [-0.1, -0.05) is 18.2 Å². The first-order valence-corrected chi connectivity index (χ1v) is 9.65. The smallest absolute Gasteiger partial charge is 0.254 e. The summed E-state index contributed by atoms with van der Waals surface area (Å²) in [5.74, 6) is -0.436. The van der Waals surface area contributed by atoms with Crippen molar-refractivity contribution in [3.05, 3.63) is 30.3 Å². The van der Waals surface area contributed by atoms with Crippen LogP contribution in [0.25, 0.3) is 0 Å². The summed E-state index contributed by atoms with van der Waals surface area (Å²) in [4.78, 5) is 48.0. The lowest BCUT2D eigenvalue weighted by Crippen LogP contribution is -2.52. The first-order valence-electron chi connectivity index (χ1n) is 9.65. The molecule has 3 aliphatic rings. The van der Waals surface area contributed by atoms with E-state index < -0.39 is 11.5 Å². The molecule has 1 N–H and O–H groups in total. The van der Waals surface area contributed by atoms with Gasteiger partial charge in [-0.3, -0.25) is 19.7 Å². The number of carbonyl (C=O) groups is 3. The second-order valence-electron chi connectivity index (χ2n) is 7.81. The van der Waals surface area contributed by atoms with Crippen LogP contribution in [0.5, 0.6) is 0 Å². The molecular formula is C20H25N5O3. The fraction of sp³-hybridized carbons (Fsp3) is 0.500. The van der Waals surface area contributed by atoms with E-state index >= 15 is 0 Å². The molecule has 1 aromatic carbocycles. The van der Waals surface area contributed by atoms with Crippen LogP contribution in [0.15, 0.2) is 35.3 Å².